The van der Waals surface area contributed by atoms with Crippen LogP contribution in [0.2, 0.25) is 0 Å². The van der Waals surface area contributed by atoms with Crippen molar-refractivity contribution in [3.63, 3.8) is 0 Å². The Labute approximate surface area is 120 Å². The highest BCUT2D eigenvalue weighted by Gasteiger charge is 2.03. The van der Waals surface area contributed by atoms with E-state index in [1.807, 2.05) is 48.5 Å². The van der Waals surface area contributed by atoms with Crippen LogP contribution >= 0.6 is 0 Å². The van der Waals surface area contributed by atoms with Gasteiger partial charge < -0.3 is 13.9 Å². The maximum atomic E-state index is 10.9. The summed E-state index contributed by atoms with van der Waals surface area (Å²) in [7, 11) is 0. The van der Waals surface area contributed by atoms with E-state index >= 15 is 0 Å². The number of benzene rings is 2. The van der Waals surface area contributed by atoms with Crippen molar-refractivity contribution in [1.82, 2.24) is 4.98 Å². The molecule has 2 aromatic carbocycles. The minimum absolute atomic E-state index is 0.174. The second-order valence-corrected chi connectivity index (χ2v) is 4.32. The van der Waals surface area contributed by atoms with Crippen molar-refractivity contribution >= 4 is 0 Å². The Kier molecular flexibility index (Phi) is 3.73. The minimum Gasteiger partial charge on any atom is -0.485 e. The van der Waals surface area contributed by atoms with Gasteiger partial charge in [-0.15, -0.1) is 0 Å². The molecule has 1 heterocycles. The molecule has 0 unspecified atom stereocenters. The molecule has 0 aliphatic heterocycles. The quantitative estimate of drug-likeness (QED) is 0.780. The van der Waals surface area contributed by atoms with Crippen molar-refractivity contribution in [2.24, 2.45) is 0 Å². The molecule has 5 nitrogen and oxygen atoms in total. The van der Waals surface area contributed by atoms with Gasteiger partial charge in [0, 0.05) is 12.3 Å². The van der Waals surface area contributed by atoms with Crippen molar-refractivity contribution in [1.29, 1.82) is 0 Å². The molecule has 5 heteroatoms. The molecule has 3 rings (SSSR count). The molecule has 0 saturated carbocycles. The van der Waals surface area contributed by atoms with Crippen LogP contribution < -0.4 is 15.2 Å². The van der Waals surface area contributed by atoms with Gasteiger partial charge >= 0.3 is 5.76 Å². The number of aromatic amines is 1. The Hall–Kier alpha value is -2.95. The SMILES string of the molecule is O=c1[nH]cc(COc2cccc(Oc3ccccc3)c2)o1. The first-order chi connectivity index (χ1) is 10.3. The zero-order chi connectivity index (χ0) is 14.5. The van der Waals surface area contributed by atoms with E-state index in [1.165, 1.54) is 6.20 Å². The van der Waals surface area contributed by atoms with Crippen LogP contribution in [0.25, 0.3) is 0 Å². The van der Waals surface area contributed by atoms with Crippen LogP contribution in [0.3, 0.4) is 0 Å². The van der Waals surface area contributed by atoms with E-state index in [1.54, 1.807) is 6.07 Å². The van der Waals surface area contributed by atoms with Crippen LogP contribution in [-0.2, 0) is 6.61 Å². The average Bonchev–Trinajstić information content (AvgIpc) is 2.92. The lowest BCUT2D eigenvalue weighted by atomic mass is 10.3. The summed E-state index contributed by atoms with van der Waals surface area (Å²) in [4.78, 5) is 13.3. The van der Waals surface area contributed by atoms with E-state index in [0.717, 1.165) is 5.75 Å². The summed E-state index contributed by atoms with van der Waals surface area (Å²) < 4.78 is 16.1. The number of hydrogen-bond acceptors (Lipinski definition) is 4. The van der Waals surface area contributed by atoms with Crippen LogP contribution in [0.15, 0.2) is 70.0 Å². The third-order valence-electron chi connectivity index (χ3n) is 2.74. The van der Waals surface area contributed by atoms with Crippen LogP contribution in [0.1, 0.15) is 5.76 Å². The van der Waals surface area contributed by atoms with Crippen molar-refractivity contribution in [2.75, 3.05) is 0 Å². The second-order valence-electron chi connectivity index (χ2n) is 4.32. The Morgan fingerprint density at radius 3 is 2.48 bits per heavy atom. The topological polar surface area (TPSA) is 64.5 Å². The molecule has 0 amide bonds. The molecular formula is C16H13NO4. The molecule has 0 fully saturated rings. The van der Waals surface area contributed by atoms with Crippen LogP contribution in [-0.4, -0.2) is 4.98 Å². The maximum Gasteiger partial charge on any atom is 0.416 e. The molecule has 106 valence electrons. The molecule has 0 aliphatic rings. The van der Waals surface area contributed by atoms with Gasteiger partial charge in [-0.1, -0.05) is 24.3 Å². The van der Waals surface area contributed by atoms with Crippen molar-refractivity contribution < 1.29 is 13.9 Å². The second kappa shape index (κ2) is 6.00. The Balaban J connectivity index is 1.67. The van der Waals surface area contributed by atoms with Gasteiger partial charge in [0.15, 0.2) is 5.76 Å². The molecule has 0 atom stereocenters. The molecule has 1 aromatic heterocycles. The molecule has 3 aromatic rings. The number of H-pyrrole nitrogens is 1. The lowest BCUT2D eigenvalue weighted by Crippen LogP contribution is -1.96. The van der Waals surface area contributed by atoms with Gasteiger partial charge in [0.1, 0.15) is 23.9 Å². The van der Waals surface area contributed by atoms with Crippen LogP contribution in [0, 0.1) is 0 Å². The summed E-state index contributed by atoms with van der Waals surface area (Å²) >= 11 is 0. The van der Waals surface area contributed by atoms with Crippen molar-refractivity contribution in [3.8, 4) is 17.2 Å². The van der Waals surface area contributed by atoms with E-state index in [0.29, 0.717) is 17.3 Å². The van der Waals surface area contributed by atoms with Crippen LogP contribution in [0.4, 0.5) is 0 Å². The monoisotopic (exact) mass is 283 g/mol. The normalized spacial score (nSPS) is 10.3. The molecule has 21 heavy (non-hydrogen) atoms. The Morgan fingerprint density at radius 2 is 1.71 bits per heavy atom. The van der Waals surface area contributed by atoms with E-state index in [9.17, 15) is 4.79 Å². The molecule has 0 bridgehead atoms. The number of nitrogens with one attached hydrogen (secondary N) is 1. The minimum atomic E-state index is -0.491. The summed E-state index contributed by atoms with van der Waals surface area (Å²) in [5.41, 5.74) is 0. The molecule has 0 saturated heterocycles. The van der Waals surface area contributed by atoms with E-state index in [2.05, 4.69) is 4.98 Å². The average molecular weight is 283 g/mol. The molecular weight excluding hydrogens is 270 g/mol. The molecule has 0 aliphatic carbocycles. The van der Waals surface area contributed by atoms with Gasteiger partial charge in [0.2, 0.25) is 0 Å². The first-order valence-corrected chi connectivity index (χ1v) is 6.43. The maximum absolute atomic E-state index is 10.9. The predicted octanol–water partition coefficient (Wildman–Crippen LogP) is 3.34. The van der Waals surface area contributed by atoms with Crippen molar-refractivity contribution in [2.45, 2.75) is 6.61 Å². The smallest absolute Gasteiger partial charge is 0.416 e. The number of para-hydroxylation sites is 1. The van der Waals surface area contributed by atoms with Gasteiger partial charge in [-0.2, -0.15) is 0 Å². The highest BCUT2D eigenvalue weighted by molar-refractivity contribution is 5.36. The highest BCUT2D eigenvalue weighted by Crippen LogP contribution is 2.25. The molecule has 0 spiro atoms. The Morgan fingerprint density at radius 1 is 0.952 bits per heavy atom. The third kappa shape index (κ3) is 3.54. The van der Waals surface area contributed by atoms with Crippen LogP contribution in [0.5, 0.6) is 17.2 Å². The number of rotatable bonds is 5. The molecule has 1 N–H and O–H groups in total. The summed E-state index contributed by atoms with van der Waals surface area (Å²) in [6, 6.07) is 16.8. The lowest BCUT2D eigenvalue weighted by molar-refractivity contribution is 0.265. The fraction of sp³-hybridized carbons (Fsp3) is 0.0625. The van der Waals surface area contributed by atoms with Gasteiger partial charge in [-0.3, -0.25) is 4.98 Å². The Bertz CT molecular complexity index is 761. The van der Waals surface area contributed by atoms with E-state index in [4.69, 9.17) is 13.9 Å². The number of aromatic nitrogens is 1. The van der Waals surface area contributed by atoms with Gasteiger partial charge in [-0.25, -0.2) is 4.79 Å². The van der Waals surface area contributed by atoms with Crippen molar-refractivity contribution in [3.05, 3.63) is 77.1 Å². The number of hydrogen-bond donors (Lipinski definition) is 1. The van der Waals surface area contributed by atoms with Gasteiger partial charge in [-0.05, 0) is 24.3 Å². The summed E-state index contributed by atoms with van der Waals surface area (Å²) in [6.45, 7) is 0.174. The number of oxazole rings is 1. The third-order valence-corrected chi connectivity index (χ3v) is 2.74. The van der Waals surface area contributed by atoms with E-state index in [-0.39, 0.29) is 6.61 Å². The largest absolute Gasteiger partial charge is 0.485 e. The van der Waals surface area contributed by atoms with Gasteiger partial charge in [0.25, 0.3) is 0 Å². The van der Waals surface area contributed by atoms with E-state index < -0.39 is 5.76 Å². The standard InChI is InChI=1S/C16H13NO4/c18-16-17-10-15(21-16)11-19-13-7-4-8-14(9-13)20-12-5-2-1-3-6-12/h1-10H,11H2,(H,17,18). The number of ether oxygens (including phenoxy) is 2. The summed E-state index contributed by atoms with van der Waals surface area (Å²) in [5, 5.41) is 0. The zero-order valence-electron chi connectivity index (χ0n) is 11.1. The first kappa shape index (κ1) is 13.1. The van der Waals surface area contributed by atoms with Gasteiger partial charge in [0.05, 0.1) is 0 Å². The first-order valence-electron chi connectivity index (χ1n) is 6.43. The fourth-order valence-corrected chi connectivity index (χ4v) is 1.80. The highest BCUT2D eigenvalue weighted by atomic mass is 16.5. The fourth-order valence-electron chi connectivity index (χ4n) is 1.80. The molecule has 0 radical (unpaired) electrons. The summed E-state index contributed by atoms with van der Waals surface area (Å²) in [5.74, 6) is 2.01. The lowest BCUT2D eigenvalue weighted by Gasteiger charge is -2.08. The summed E-state index contributed by atoms with van der Waals surface area (Å²) in [6.07, 6.45) is 1.48. The predicted molar refractivity (Wildman–Crippen MR) is 76.6 cm³/mol. The zero-order valence-corrected chi connectivity index (χ0v) is 11.1.